The average molecular weight is 251 g/mol. The molecule has 0 saturated carbocycles. The minimum absolute atomic E-state index is 0.156. The first kappa shape index (κ1) is 13.5. The van der Waals surface area contributed by atoms with Gasteiger partial charge in [-0.25, -0.2) is 4.39 Å². The van der Waals surface area contributed by atoms with Gasteiger partial charge in [0.25, 0.3) is 0 Å². The van der Waals surface area contributed by atoms with Gasteiger partial charge in [-0.1, -0.05) is 12.1 Å². The fraction of sp³-hybridized carbons (Fsp3) is 0.600. The molecule has 3 heteroatoms. The second-order valence-electron chi connectivity index (χ2n) is 5.04. The van der Waals surface area contributed by atoms with Crippen molar-refractivity contribution in [3.63, 3.8) is 0 Å². The van der Waals surface area contributed by atoms with Crippen molar-refractivity contribution < 1.29 is 9.13 Å². The summed E-state index contributed by atoms with van der Waals surface area (Å²) in [5.41, 5.74) is 1.05. The van der Waals surface area contributed by atoms with Crippen LogP contribution in [0.15, 0.2) is 24.3 Å². The van der Waals surface area contributed by atoms with Crippen molar-refractivity contribution in [3.05, 3.63) is 35.6 Å². The first-order valence-electron chi connectivity index (χ1n) is 6.81. The highest BCUT2D eigenvalue weighted by molar-refractivity contribution is 5.17. The Morgan fingerprint density at radius 1 is 1.44 bits per heavy atom. The van der Waals surface area contributed by atoms with E-state index in [0.717, 1.165) is 31.4 Å². The molecule has 0 amide bonds. The largest absolute Gasteiger partial charge is 0.378 e. The van der Waals surface area contributed by atoms with Gasteiger partial charge in [0, 0.05) is 12.6 Å². The van der Waals surface area contributed by atoms with Crippen LogP contribution in [0.3, 0.4) is 0 Å². The van der Waals surface area contributed by atoms with Gasteiger partial charge >= 0.3 is 0 Å². The predicted molar refractivity (Wildman–Crippen MR) is 71.2 cm³/mol. The van der Waals surface area contributed by atoms with Gasteiger partial charge in [-0.3, -0.25) is 0 Å². The van der Waals surface area contributed by atoms with Crippen molar-refractivity contribution in [3.8, 4) is 0 Å². The molecule has 100 valence electrons. The van der Waals surface area contributed by atoms with E-state index < -0.39 is 0 Å². The van der Waals surface area contributed by atoms with Crippen molar-refractivity contribution >= 4 is 0 Å². The molecule has 1 aromatic carbocycles. The van der Waals surface area contributed by atoms with E-state index in [1.165, 1.54) is 18.9 Å². The molecule has 1 heterocycles. The highest BCUT2D eigenvalue weighted by Crippen LogP contribution is 2.18. The molecule has 2 rings (SSSR count). The lowest BCUT2D eigenvalue weighted by Crippen LogP contribution is -2.34. The topological polar surface area (TPSA) is 21.3 Å². The van der Waals surface area contributed by atoms with Crippen LogP contribution in [0.25, 0.3) is 0 Å². The number of benzene rings is 1. The summed E-state index contributed by atoms with van der Waals surface area (Å²) in [5, 5.41) is 3.31. The monoisotopic (exact) mass is 251 g/mol. The van der Waals surface area contributed by atoms with E-state index in [2.05, 4.69) is 5.32 Å². The van der Waals surface area contributed by atoms with Crippen LogP contribution in [0.2, 0.25) is 0 Å². The molecule has 1 aliphatic rings. The third-order valence-corrected chi connectivity index (χ3v) is 3.60. The maximum atomic E-state index is 13.1. The van der Waals surface area contributed by atoms with E-state index in [-0.39, 0.29) is 5.82 Å². The summed E-state index contributed by atoms with van der Waals surface area (Å²) in [6.45, 7) is 0.890. The molecular weight excluding hydrogens is 229 g/mol. The molecule has 0 radical (unpaired) electrons. The standard InChI is InChI=1S/C15H22FNO/c1-17-14(11-15-7-2-3-8-18-15)10-12-5-4-6-13(16)9-12/h4-6,9,14-15,17H,2-3,7-8,10-11H2,1H3. The summed E-state index contributed by atoms with van der Waals surface area (Å²) < 4.78 is 18.9. The Hall–Kier alpha value is -0.930. The Morgan fingerprint density at radius 2 is 2.33 bits per heavy atom. The molecular formula is C15H22FNO. The highest BCUT2D eigenvalue weighted by atomic mass is 19.1. The smallest absolute Gasteiger partial charge is 0.123 e. The van der Waals surface area contributed by atoms with Crippen LogP contribution in [0.4, 0.5) is 4.39 Å². The van der Waals surface area contributed by atoms with E-state index in [1.54, 1.807) is 12.1 Å². The third kappa shape index (κ3) is 4.07. The van der Waals surface area contributed by atoms with Crippen molar-refractivity contribution in [1.29, 1.82) is 0 Å². The fourth-order valence-electron chi connectivity index (χ4n) is 2.56. The zero-order valence-corrected chi connectivity index (χ0v) is 11.0. The van der Waals surface area contributed by atoms with Crippen LogP contribution >= 0.6 is 0 Å². The Kier molecular flexibility index (Phi) is 5.14. The number of halogens is 1. The lowest BCUT2D eigenvalue weighted by atomic mass is 9.97. The molecule has 0 aliphatic carbocycles. The van der Waals surface area contributed by atoms with E-state index >= 15 is 0 Å². The summed E-state index contributed by atoms with van der Waals surface area (Å²) in [6, 6.07) is 7.22. The number of ether oxygens (including phenoxy) is 1. The summed E-state index contributed by atoms with van der Waals surface area (Å²) in [4.78, 5) is 0. The third-order valence-electron chi connectivity index (χ3n) is 3.60. The average Bonchev–Trinajstić information content (AvgIpc) is 2.39. The molecule has 0 aromatic heterocycles. The Labute approximate surface area is 109 Å². The minimum atomic E-state index is -0.156. The Morgan fingerprint density at radius 3 is 3.00 bits per heavy atom. The molecule has 18 heavy (non-hydrogen) atoms. The lowest BCUT2D eigenvalue weighted by molar-refractivity contribution is 0.00568. The van der Waals surface area contributed by atoms with Gasteiger partial charge in [-0.05, 0) is 56.8 Å². The van der Waals surface area contributed by atoms with E-state index in [0.29, 0.717) is 12.1 Å². The van der Waals surface area contributed by atoms with Crippen molar-refractivity contribution in [2.75, 3.05) is 13.7 Å². The first-order valence-corrected chi connectivity index (χ1v) is 6.81. The van der Waals surface area contributed by atoms with Crippen LogP contribution in [0.5, 0.6) is 0 Å². The van der Waals surface area contributed by atoms with Crippen LogP contribution in [-0.4, -0.2) is 25.8 Å². The molecule has 1 N–H and O–H groups in total. The maximum Gasteiger partial charge on any atom is 0.123 e. The molecule has 1 aliphatic heterocycles. The van der Waals surface area contributed by atoms with Gasteiger partial charge in [-0.15, -0.1) is 0 Å². The lowest BCUT2D eigenvalue weighted by Gasteiger charge is -2.27. The maximum absolute atomic E-state index is 13.1. The van der Waals surface area contributed by atoms with Crippen LogP contribution in [-0.2, 0) is 11.2 Å². The summed E-state index contributed by atoms with van der Waals surface area (Å²) in [6.07, 6.45) is 5.83. The summed E-state index contributed by atoms with van der Waals surface area (Å²) in [7, 11) is 1.97. The molecule has 2 nitrogen and oxygen atoms in total. The van der Waals surface area contributed by atoms with Crippen molar-refractivity contribution in [1.82, 2.24) is 5.32 Å². The van der Waals surface area contributed by atoms with E-state index in [9.17, 15) is 4.39 Å². The SMILES string of the molecule is CNC(Cc1cccc(F)c1)CC1CCCCO1. The second-order valence-corrected chi connectivity index (χ2v) is 5.04. The van der Waals surface area contributed by atoms with Gasteiger partial charge in [0.1, 0.15) is 5.82 Å². The number of likely N-dealkylation sites (N-methyl/N-ethyl adjacent to an activating group) is 1. The second kappa shape index (κ2) is 6.86. The van der Waals surface area contributed by atoms with E-state index in [1.807, 2.05) is 13.1 Å². The van der Waals surface area contributed by atoms with Gasteiger partial charge in [0.15, 0.2) is 0 Å². The molecule has 0 spiro atoms. The fourth-order valence-corrected chi connectivity index (χ4v) is 2.56. The first-order chi connectivity index (χ1) is 8.78. The number of rotatable bonds is 5. The van der Waals surface area contributed by atoms with Gasteiger partial charge in [0.2, 0.25) is 0 Å². The van der Waals surface area contributed by atoms with Crippen molar-refractivity contribution in [2.24, 2.45) is 0 Å². The van der Waals surface area contributed by atoms with Gasteiger partial charge in [-0.2, -0.15) is 0 Å². The molecule has 1 saturated heterocycles. The van der Waals surface area contributed by atoms with Crippen LogP contribution in [0, 0.1) is 5.82 Å². The molecule has 0 bridgehead atoms. The summed E-state index contributed by atoms with van der Waals surface area (Å²) in [5.74, 6) is -0.156. The summed E-state index contributed by atoms with van der Waals surface area (Å²) >= 11 is 0. The quantitative estimate of drug-likeness (QED) is 0.868. The van der Waals surface area contributed by atoms with Crippen molar-refractivity contribution in [2.45, 2.75) is 44.2 Å². The zero-order chi connectivity index (χ0) is 12.8. The predicted octanol–water partition coefficient (Wildman–Crippen LogP) is 2.92. The zero-order valence-electron chi connectivity index (χ0n) is 11.0. The van der Waals surface area contributed by atoms with Gasteiger partial charge in [0.05, 0.1) is 6.10 Å². The number of nitrogens with one attached hydrogen (secondary N) is 1. The number of hydrogen-bond donors (Lipinski definition) is 1. The van der Waals surface area contributed by atoms with Gasteiger partial charge < -0.3 is 10.1 Å². The normalized spacial score (nSPS) is 21.8. The Balaban J connectivity index is 1.88. The Bertz CT molecular complexity index is 363. The molecule has 2 atom stereocenters. The highest BCUT2D eigenvalue weighted by Gasteiger charge is 2.18. The molecule has 1 fully saturated rings. The van der Waals surface area contributed by atoms with Crippen LogP contribution in [0.1, 0.15) is 31.2 Å². The minimum Gasteiger partial charge on any atom is -0.378 e. The van der Waals surface area contributed by atoms with E-state index in [4.69, 9.17) is 4.74 Å². The number of hydrogen-bond acceptors (Lipinski definition) is 2. The molecule has 2 unspecified atom stereocenters. The van der Waals surface area contributed by atoms with Crippen LogP contribution < -0.4 is 5.32 Å². The molecule has 1 aromatic rings.